The maximum absolute atomic E-state index is 14.3. The van der Waals surface area contributed by atoms with Crippen LogP contribution >= 0.6 is 0 Å². The van der Waals surface area contributed by atoms with Crippen LogP contribution in [0.5, 0.6) is 0 Å². The summed E-state index contributed by atoms with van der Waals surface area (Å²) in [5.74, 6) is -1.88. The van der Waals surface area contributed by atoms with Crippen LogP contribution in [0.2, 0.25) is 0 Å². The van der Waals surface area contributed by atoms with Gasteiger partial charge in [-0.2, -0.15) is 0 Å². The number of fused-ring (bicyclic) bond motifs is 1. The topological polar surface area (TPSA) is 141 Å². The number of hydrogen-bond donors (Lipinski definition) is 5. The van der Waals surface area contributed by atoms with Crippen LogP contribution in [0.4, 0.5) is 42.3 Å². The first-order valence-corrected chi connectivity index (χ1v) is 9.03. The van der Waals surface area contributed by atoms with E-state index in [9.17, 15) is 17.8 Å². The second-order valence-corrected chi connectivity index (χ2v) is 6.43. The zero-order valence-corrected chi connectivity index (χ0v) is 15.2. The SMILES string of the molecule is CC1CC=Nc2c(NC(=O)Nc3c(F)ccc(NS(=O)O)c3F)ncnc2N1. The van der Waals surface area contributed by atoms with Crippen molar-refractivity contribution in [3.63, 3.8) is 0 Å². The first-order valence-electron chi connectivity index (χ1n) is 7.92. The van der Waals surface area contributed by atoms with Gasteiger partial charge in [-0.05, 0) is 19.1 Å². The summed E-state index contributed by atoms with van der Waals surface area (Å²) >= 11 is -2.57. The molecule has 0 bridgehead atoms. The van der Waals surface area contributed by atoms with E-state index in [4.69, 9.17) is 4.55 Å². The monoisotopic (exact) mass is 411 g/mol. The lowest BCUT2D eigenvalue weighted by Crippen LogP contribution is -2.22. The number of benzene rings is 1. The number of halogens is 2. The van der Waals surface area contributed by atoms with Crippen LogP contribution in [-0.4, -0.2) is 37.0 Å². The van der Waals surface area contributed by atoms with E-state index in [2.05, 4.69) is 25.6 Å². The van der Waals surface area contributed by atoms with Crippen LogP contribution in [0.25, 0.3) is 0 Å². The third-order valence-electron chi connectivity index (χ3n) is 3.64. The fourth-order valence-corrected chi connectivity index (χ4v) is 2.73. The number of anilines is 4. The first-order chi connectivity index (χ1) is 13.3. The summed E-state index contributed by atoms with van der Waals surface area (Å²) in [6.07, 6.45) is 3.47. The van der Waals surface area contributed by atoms with Crippen molar-refractivity contribution in [1.29, 1.82) is 0 Å². The molecular formula is C15H15F2N7O3S. The molecule has 0 aliphatic carbocycles. The Bertz CT molecular complexity index is 973. The summed E-state index contributed by atoms with van der Waals surface area (Å²) in [7, 11) is 0. The van der Waals surface area contributed by atoms with E-state index in [1.807, 2.05) is 17.0 Å². The fraction of sp³-hybridized carbons (Fsp3) is 0.200. The predicted octanol–water partition coefficient (Wildman–Crippen LogP) is 2.85. The molecule has 2 atom stereocenters. The Morgan fingerprint density at radius 3 is 2.86 bits per heavy atom. The van der Waals surface area contributed by atoms with E-state index in [0.29, 0.717) is 12.2 Å². The van der Waals surface area contributed by atoms with Gasteiger partial charge in [0.15, 0.2) is 17.5 Å². The lowest BCUT2D eigenvalue weighted by molar-refractivity contribution is 0.262. The number of aliphatic imine (C=N–C) groups is 1. The van der Waals surface area contributed by atoms with Gasteiger partial charge in [0.05, 0.1) is 5.69 Å². The Labute approximate surface area is 160 Å². The molecule has 2 unspecified atom stereocenters. The molecule has 0 fully saturated rings. The highest BCUT2D eigenvalue weighted by molar-refractivity contribution is 7.80. The molecule has 0 radical (unpaired) electrons. The average Bonchev–Trinajstić information content (AvgIpc) is 2.82. The van der Waals surface area contributed by atoms with Crippen molar-refractivity contribution in [1.82, 2.24) is 9.97 Å². The Hall–Kier alpha value is -3.19. The molecule has 0 saturated heterocycles. The van der Waals surface area contributed by atoms with Crippen LogP contribution in [-0.2, 0) is 11.3 Å². The molecule has 13 heteroatoms. The van der Waals surface area contributed by atoms with Crippen molar-refractivity contribution in [3.8, 4) is 0 Å². The van der Waals surface area contributed by atoms with Gasteiger partial charge in [-0.15, -0.1) is 0 Å². The van der Waals surface area contributed by atoms with Gasteiger partial charge in [0.2, 0.25) is 0 Å². The second-order valence-electron chi connectivity index (χ2n) is 5.73. The van der Waals surface area contributed by atoms with Crippen LogP contribution in [0.3, 0.4) is 0 Å². The summed E-state index contributed by atoms with van der Waals surface area (Å²) in [5.41, 5.74) is -0.992. The third kappa shape index (κ3) is 4.37. The molecule has 0 spiro atoms. The predicted molar refractivity (Wildman–Crippen MR) is 101 cm³/mol. The number of amides is 2. The normalized spacial score (nSPS) is 16.4. The van der Waals surface area contributed by atoms with Crippen molar-refractivity contribution < 1.29 is 22.3 Å². The number of aromatic nitrogens is 2. The maximum Gasteiger partial charge on any atom is 0.325 e. The molecule has 2 amide bonds. The van der Waals surface area contributed by atoms with Crippen LogP contribution in [0.15, 0.2) is 23.5 Å². The number of carbonyl (C=O) groups is 1. The van der Waals surface area contributed by atoms with Crippen LogP contribution in [0.1, 0.15) is 13.3 Å². The molecule has 2 aromatic rings. The summed E-state index contributed by atoms with van der Waals surface area (Å²) < 4.78 is 49.7. The molecule has 148 valence electrons. The van der Waals surface area contributed by atoms with E-state index in [1.165, 1.54) is 6.33 Å². The van der Waals surface area contributed by atoms with Crippen molar-refractivity contribution >= 4 is 52.2 Å². The van der Waals surface area contributed by atoms with Gasteiger partial charge in [-0.25, -0.2) is 27.8 Å². The minimum atomic E-state index is -2.57. The lowest BCUT2D eigenvalue weighted by Gasteiger charge is -2.14. The number of nitrogens with zero attached hydrogens (tertiary/aromatic N) is 3. The summed E-state index contributed by atoms with van der Waals surface area (Å²) in [5, 5.41) is 7.48. The quantitative estimate of drug-likeness (QED) is 0.490. The number of rotatable bonds is 4. The van der Waals surface area contributed by atoms with Gasteiger partial charge in [0.1, 0.15) is 23.5 Å². The summed E-state index contributed by atoms with van der Waals surface area (Å²) in [6.45, 7) is 1.93. The minimum absolute atomic E-state index is 0.0342. The van der Waals surface area contributed by atoms with Gasteiger partial charge < -0.3 is 10.6 Å². The number of urea groups is 1. The molecule has 1 aliphatic rings. The Morgan fingerprint density at radius 2 is 2.11 bits per heavy atom. The van der Waals surface area contributed by atoms with Crippen LogP contribution < -0.4 is 20.7 Å². The van der Waals surface area contributed by atoms with Crippen LogP contribution in [0, 0.1) is 11.6 Å². The van der Waals surface area contributed by atoms with E-state index in [0.717, 1.165) is 12.1 Å². The van der Waals surface area contributed by atoms with E-state index in [1.54, 1.807) is 6.21 Å². The molecule has 3 rings (SSSR count). The third-order valence-corrected chi connectivity index (χ3v) is 4.04. The Balaban J connectivity index is 1.83. The van der Waals surface area contributed by atoms with Crippen molar-refractivity contribution in [2.45, 2.75) is 19.4 Å². The summed E-state index contributed by atoms with van der Waals surface area (Å²) in [6, 6.07) is 0.832. The van der Waals surface area contributed by atoms with Gasteiger partial charge in [-0.3, -0.25) is 19.6 Å². The molecule has 2 heterocycles. The lowest BCUT2D eigenvalue weighted by atomic mass is 10.2. The smallest absolute Gasteiger partial charge is 0.325 e. The molecule has 28 heavy (non-hydrogen) atoms. The molecule has 1 aromatic heterocycles. The second kappa shape index (κ2) is 8.22. The van der Waals surface area contributed by atoms with E-state index in [-0.39, 0.29) is 17.5 Å². The number of nitrogens with one attached hydrogen (secondary N) is 4. The molecular weight excluding hydrogens is 396 g/mol. The number of carbonyl (C=O) groups excluding carboxylic acids is 1. The standard InChI is InChI=1S/C15H15F2N7O3S/c1-7-4-5-18-12-13(21-7)19-6-20-14(12)23-15(25)22-11-8(16)2-3-9(10(11)17)24-28(26)27/h2-3,5-7,24H,4H2,1H3,(H,26,27)(H3,19,20,21,22,23,25). The molecule has 10 nitrogen and oxygen atoms in total. The molecule has 5 N–H and O–H groups in total. The molecule has 1 aromatic carbocycles. The number of hydrogen-bond acceptors (Lipinski definition) is 6. The van der Waals surface area contributed by atoms with Gasteiger partial charge in [-0.1, -0.05) is 0 Å². The van der Waals surface area contributed by atoms with Gasteiger partial charge in [0.25, 0.3) is 11.3 Å². The van der Waals surface area contributed by atoms with E-state index >= 15 is 0 Å². The van der Waals surface area contributed by atoms with Gasteiger partial charge >= 0.3 is 6.03 Å². The largest absolute Gasteiger partial charge is 0.365 e. The van der Waals surface area contributed by atoms with Gasteiger partial charge in [0, 0.05) is 18.7 Å². The zero-order chi connectivity index (χ0) is 20.3. The molecule has 0 saturated carbocycles. The zero-order valence-electron chi connectivity index (χ0n) is 14.4. The minimum Gasteiger partial charge on any atom is -0.365 e. The van der Waals surface area contributed by atoms with Crippen molar-refractivity contribution in [2.24, 2.45) is 4.99 Å². The fourth-order valence-electron chi connectivity index (χ4n) is 2.38. The highest BCUT2D eigenvalue weighted by Gasteiger charge is 2.20. The summed E-state index contributed by atoms with van der Waals surface area (Å²) in [4.78, 5) is 24.4. The van der Waals surface area contributed by atoms with Crippen molar-refractivity contribution in [2.75, 3.05) is 20.7 Å². The molecule has 1 aliphatic heterocycles. The highest BCUT2D eigenvalue weighted by atomic mass is 32.2. The maximum atomic E-state index is 14.3. The first kappa shape index (κ1) is 19.6. The average molecular weight is 411 g/mol. The van der Waals surface area contributed by atoms with Crippen molar-refractivity contribution in [3.05, 3.63) is 30.1 Å². The van der Waals surface area contributed by atoms with E-state index < -0.39 is 40.3 Å². The Kier molecular flexibility index (Phi) is 5.75. The Morgan fingerprint density at radius 1 is 1.32 bits per heavy atom. The highest BCUT2D eigenvalue weighted by Crippen LogP contribution is 2.32.